The van der Waals surface area contributed by atoms with E-state index in [0.717, 1.165) is 29.2 Å². The second-order valence-electron chi connectivity index (χ2n) is 6.53. The van der Waals surface area contributed by atoms with Gasteiger partial charge >= 0.3 is 0 Å². The van der Waals surface area contributed by atoms with E-state index in [2.05, 4.69) is 29.4 Å². The van der Waals surface area contributed by atoms with Crippen LogP contribution in [-0.4, -0.2) is 35.9 Å². The normalized spacial score (nSPS) is 10.8. The number of carbonyl (C=O) groups excluding carboxylic acids is 1. The van der Waals surface area contributed by atoms with Gasteiger partial charge in [0.2, 0.25) is 0 Å². The maximum atomic E-state index is 12.2. The fourth-order valence-electron chi connectivity index (χ4n) is 2.68. The van der Waals surface area contributed by atoms with Crippen molar-refractivity contribution in [2.45, 2.75) is 40.5 Å². The van der Waals surface area contributed by atoms with Crippen LogP contribution in [0, 0.1) is 5.92 Å². The Morgan fingerprint density at radius 2 is 1.88 bits per heavy atom. The van der Waals surface area contributed by atoms with Gasteiger partial charge in [0, 0.05) is 12.2 Å². The molecule has 0 fully saturated rings. The Labute approximate surface area is 155 Å². The van der Waals surface area contributed by atoms with Crippen molar-refractivity contribution in [3.63, 3.8) is 0 Å². The molecular weight excluding hydrogens is 330 g/mol. The van der Waals surface area contributed by atoms with Crippen molar-refractivity contribution in [3.05, 3.63) is 41.2 Å². The zero-order chi connectivity index (χ0) is 18.9. The van der Waals surface area contributed by atoms with E-state index < -0.39 is 0 Å². The summed E-state index contributed by atoms with van der Waals surface area (Å²) in [4.78, 5) is 12.2. The summed E-state index contributed by atoms with van der Waals surface area (Å²) >= 11 is 0. The fraction of sp³-hybridized carbons (Fsp3) is 0.500. The zero-order valence-electron chi connectivity index (χ0n) is 16.1. The minimum Gasteiger partial charge on any atom is -0.490 e. The van der Waals surface area contributed by atoms with Gasteiger partial charge in [-0.15, -0.1) is 0 Å². The summed E-state index contributed by atoms with van der Waals surface area (Å²) in [7, 11) is 0. The number of nitrogens with one attached hydrogen (secondary N) is 2. The molecule has 0 aliphatic rings. The number of aromatic nitrogens is 2. The highest BCUT2D eigenvalue weighted by Crippen LogP contribution is 2.28. The molecule has 2 N–H and O–H groups in total. The molecule has 1 aromatic carbocycles. The lowest BCUT2D eigenvalue weighted by Gasteiger charge is -2.12. The van der Waals surface area contributed by atoms with Crippen molar-refractivity contribution in [1.82, 2.24) is 15.5 Å². The molecule has 0 saturated heterocycles. The number of ether oxygens (including phenoxy) is 2. The molecule has 6 heteroatoms. The molecular formula is C20H29N3O3. The van der Waals surface area contributed by atoms with Crippen molar-refractivity contribution in [3.8, 4) is 11.5 Å². The van der Waals surface area contributed by atoms with E-state index in [4.69, 9.17) is 9.47 Å². The van der Waals surface area contributed by atoms with Crippen LogP contribution in [0.2, 0.25) is 0 Å². The van der Waals surface area contributed by atoms with Gasteiger partial charge in [0.25, 0.3) is 5.91 Å². The molecule has 2 aromatic rings. The Balaban J connectivity index is 1.89. The van der Waals surface area contributed by atoms with Crippen molar-refractivity contribution >= 4 is 5.91 Å². The van der Waals surface area contributed by atoms with Crippen LogP contribution in [0.4, 0.5) is 0 Å². The largest absolute Gasteiger partial charge is 0.490 e. The van der Waals surface area contributed by atoms with Crippen molar-refractivity contribution in [1.29, 1.82) is 0 Å². The van der Waals surface area contributed by atoms with E-state index in [1.807, 2.05) is 38.1 Å². The average molecular weight is 359 g/mol. The summed E-state index contributed by atoms with van der Waals surface area (Å²) in [6.07, 6.45) is 1.59. The third-order valence-corrected chi connectivity index (χ3v) is 3.80. The Bertz CT molecular complexity index is 710. The van der Waals surface area contributed by atoms with Crippen molar-refractivity contribution in [2.75, 3.05) is 19.8 Å². The van der Waals surface area contributed by atoms with Crippen molar-refractivity contribution < 1.29 is 14.3 Å². The first kappa shape index (κ1) is 19.8. The summed E-state index contributed by atoms with van der Waals surface area (Å²) < 4.78 is 11.2. The Morgan fingerprint density at radius 3 is 2.58 bits per heavy atom. The summed E-state index contributed by atoms with van der Waals surface area (Å²) in [5, 5.41) is 9.93. The van der Waals surface area contributed by atoms with Gasteiger partial charge in [0.15, 0.2) is 11.5 Å². The number of H-pyrrole nitrogens is 1. The molecule has 1 aromatic heterocycles. The van der Waals surface area contributed by atoms with Crippen LogP contribution in [0.3, 0.4) is 0 Å². The quantitative estimate of drug-likeness (QED) is 0.682. The minimum atomic E-state index is -0.160. The number of carbonyl (C=O) groups is 1. The van der Waals surface area contributed by atoms with E-state index in [1.165, 1.54) is 0 Å². The topological polar surface area (TPSA) is 76.2 Å². The summed E-state index contributed by atoms with van der Waals surface area (Å²) in [5.41, 5.74) is 2.50. The molecule has 0 aliphatic carbocycles. The third-order valence-electron chi connectivity index (χ3n) is 3.80. The molecule has 2 rings (SSSR count). The van der Waals surface area contributed by atoms with Crippen LogP contribution >= 0.6 is 0 Å². The highest BCUT2D eigenvalue weighted by atomic mass is 16.5. The summed E-state index contributed by atoms with van der Waals surface area (Å²) in [6, 6.07) is 7.70. The molecule has 26 heavy (non-hydrogen) atoms. The lowest BCUT2D eigenvalue weighted by Crippen LogP contribution is -2.26. The molecule has 0 aliphatic heterocycles. The minimum absolute atomic E-state index is 0.160. The maximum Gasteiger partial charge on any atom is 0.271 e. The first-order valence-corrected chi connectivity index (χ1v) is 9.24. The third kappa shape index (κ3) is 5.79. The number of aromatic amines is 1. The molecule has 0 atom stereocenters. The van der Waals surface area contributed by atoms with Gasteiger partial charge in [-0.25, -0.2) is 0 Å². The van der Waals surface area contributed by atoms with Crippen LogP contribution in [0.15, 0.2) is 24.3 Å². The number of amides is 1. The monoisotopic (exact) mass is 359 g/mol. The zero-order valence-corrected chi connectivity index (χ0v) is 16.1. The second kappa shape index (κ2) is 9.85. The molecule has 1 amide bonds. The van der Waals surface area contributed by atoms with Gasteiger partial charge in [-0.2, -0.15) is 5.10 Å². The molecule has 0 radical (unpaired) electrons. The number of hydrogen-bond acceptors (Lipinski definition) is 4. The number of rotatable bonds is 10. The maximum absolute atomic E-state index is 12.2. The first-order valence-electron chi connectivity index (χ1n) is 9.24. The molecule has 1 heterocycles. The molecule has 142 valence electrons. The van der Waals surface area contributed by atoms with Crippen LogP contribution < -0.4 is 14.8 Å². The lowest BCUT2D eigenvalue weighted by molar-refractivity contribution is 0.0949. The fourth-order valence-corrected chi connectivity index (χ4v) is 2.68. The van der Waals surface area contributed by atoms with E-state index in [0.29, 0.717) is 37.8 Å². The Morgan fingerprint density at radius 1 is 1.15 bits per heavy atom. The number of hydrogen-bond donors (Lipinski definition) is 2. The van der Waals surface area contributed by atoms with Crippen LogP contribution in [0.25, 0.3) is 0 Å². The molecule has 0 unspecified atom stereocenters. The molecule has 0 spiro atoms. The SMILES string of the molecule is CCOc1ccc(CCNC(=O)c2cc(CC(C)C)[nH]n2)cc1OCC. The Hall–Kier alpha value is -2.50. The van der Waals surface area contributed by atoms with Crippen LogP contribution in [0.5, 0.6) is 11.5 Å². The van der Waals surface area contributed by atoms with Crippen LogP contribution in [-0.2, 0) is 12.8 Å². The van der Waals surface area contributed by atoms with E-state index in [9.17, 15) is 4.79 Å². The smallest absolute Gasteiger partial charge is 0.271 e. The highest BCUT2D eigenvalue weighted by Gasteiger charge is 2.11. The van der Waals surface area contributed by atoms with Crippen molar-refractivity contribution in [2.24, 2.45) is 5.92 Å². The summed E-state index contributed by atoms with van der Waals surface area (Å²) in [6.45, 7) is 9.86. The van der Waals surface area contributed by atoms with E-state index >= 15 is 0 Å². The van der Waals surface area contributed by atoms with Gasteiger partial charge in [-0.3, -0.25) is 9.89 Å². The Kier molecular flexibility index (Phi) is 7.51. The van der Waals surface area contributed by atoms with Gasteiger partial charge in [-0.1, -0.05) is 19.9 Å². The molecule has 0 bridgehead atoms. The molecule has 0 saturated carbocycles. The predicted octanol–water partition coefficient (Wildman–Crippen LogP) is 3.38. The van der Waals surface area contributed by atoms with Gasteiger partial charge < -0.3 is 14.8 Å². The van der Waals surface area contributed by atoms with Gasteiger partial charge in [-0.05, 0) is 56.4 Å². The number of benzene rings is 1. The van der Waals surface area contributed by atoms with E-state index in [-0.39, 0.29) is 5.91 Å². The van der Waals surface area contributed by atoms with Gasteiger partial charge in [0.1, 0.15) is 5.69 Å². The highest BCUT2D eigenvalue weighted by molar-refractivity contribution is 5.92. The average Bonchev–Trinajstić information content (AvgIpc) is 3.05. The predicted molar refractivity (Wildman–Crippen MR) is 102 cm³/mol. The van der Waals surface area contributed by atoms with E-state index in [1.54, 1.807) is 0 Å². The van der Waals surface area contributed by atoms with Gasteiger partial charge in [0.05, 0.1) is 13.2 Å². The second-order valence-corrected chi connectivity index (χ2v) is 6.53. The summed E-state index contributed by atoms with van der Waals surface area (Å²) in [5.74, 6) is 1.85. The number of nitrogens with zero attached hydrogens (tertiary/aromatic N) is 1. The lowest BCUT2D eigenvalue weighted by atomic mass is 10.1. The first-order chi connectivity index (χ1) is 12.5. The molecule has 6 nitrogen and oxygen atoms in total. The van der Waals surface area contributed by atoms with Crippen LogP contribution in [0.1, 0.15) is 49.4 Å². The standard InChI is InChI=1S/C20H29N3O3/c1-5-25-18-8-7-15(12-19(18)26-6-2)9-10-21-20(24)17-13-16(22-23-17)11-14(3)4/h7-8,12-14H,5-6,9-11H2,1-4H3,(H,21,24)(H,22,23).